The highest BCUT2D eigenvalue weighted by atomic mass is 35.5. The van der Waals surface area contributed by atoms with Gasteiger partial charge in [-0.1, -0.05) is 47.5 Å². The molecule has 1 unspecified atom stereocenters. The van der Waals surface area contributed by atoms with E-state index in [4.69, 9.17) is 23.2 Å². The molecule has 0 amide bonds. The molecule has 0 aliphatic rings. The molecule has 2 aromatic heterocycles. The number of aryl methyl sites for hydroxylation is 2. The Morgan fingerprint density at radius 1 is 0.879 bits per heavy atom. The van der Waals surface area contributed by atoms with E-state index in [1.807, 2.05) is 31.3 Å². The summed E-state index contributed by atoms with van der Waals surface area (Å²) in [7, 11) is 3.55. The molecule has 0 fully saturated rings. The zero-order valence-corrected chi connectivity index (χ0v) is 19.4. The van der Waals surface area contributed by atoms with Crippen LogP contribution in [0.2, 0.25) is 10.0 Å². The molecule has 5 rings (SSSR count). The molecule has 0 spiro atoms. The maximum atomic E-state index is 13.1. The SMILES string of the molecule is Cn1cncc1C(O)(c1ccc(Cl)cc1)c1ccc2c(c1)n(-c1cccc(Cl)c1)c(=O)n2C. The zero-order valence-electron chi connectivity index (χ0n) is 17.9. The fourth-order valence-electron chi connectivity index (χ4n) is 4.29. The molecule has 6 nitrogen and oxygen atoms in total. The molecule has 5 aromatic rings. The molecule has 8 heteroatoms. The van der Waals surface area contributed by atoms with Crippen LogP contribution in [-0.2, 0) is 19.7 Å². The van der Waals surface area contributed by atoms with Crippen LogP contribution < -0.4 is 5.69 Å². The Balaban J connectivity index is 1.82. The van der Waals surface area contributed by atoms with Gasteiger partial charge in [-0.25, -0.2) is 9.78 Å². The lowest BCUT2D eigenvalue weighted by Gasteiger charge is -2.30. The fraction of sp³-hybridized carbons (Fsp3) is 0.120. The van der Waals surface area contributed by atoms with Gasteiger partial charge in [-0.15, -0.1) is 0 Å². The largest absolute Gasteiger partial charge is 0.374 e. The summed E-state index contributed by atoms with van der Waals surface area (Å²) < 4.78 is 4.94. The summed E-state index contributed by atoms with van der Waals surface area (Å²) in [5, 5.41) is 13.3. The van der Waals surface area contributed by atoms with Gasteiger partial charge < -0.3 is 9.67 Å². The first-order chi connectivity index (χ1) is 15.8. The topological polar surface area (TPSA) is 65.0 Å². The van der Waals surface area contributed by atoms with Crippen molar-refractivity contribution in [3.63, 3.8) is 0 Å². The van der Waals surface area contributed by atoms with E-state index >= 15 is 0 Å². The summed E-state index contributed by atoms with van der Waals surface area (Å²) in [6, 6.07) is 19.7. The van der Waals surface area contributed by atoms with E-state index < -0.39 is 5.60 Å². The summed E-state index contributed by atoms with van der Waals surface area (Å²) in [4.78, 5) is 17.4. The highest BCUT2D eigenvalue weighted by Crippen LogP contribution is 2.38. The van der Waals surface area contributed by atoms with Gasteiger partial charge in [-0.2, -0.15) is 0 Å². The third-order valence-corrected chi connectivity index (χ3v) is 6.48. The van der Waals surface area contributed by atoms with Gasteiger partial charge in [0.05, 0.1) is 34.9 Å². The predicted molar refractivity (Wildman–Crippen MR) is 130 cm³/mol. The van der Waals surface area contributed by atoms with Gasteiger partial charge in [-0.05, 0) is 53.6 Å². The minimum absolute atomic E-state index is 0.208. The second kappa shape index (κ2) is 7.92. The summed E-state index contributed by atoms with van der Waals surface area (Å²) in [6.07, 6.45) is 3.27. The molecule has 0 saturated carbocycles. The van der Waals surface area contributed by atoms with Crippen LogP contribution in [0.4, 0.5) is 0 Å². The number of hydrogen-bond donors (Lipinski definition) is 1. The summed E-state index contributed by atoms with van der Waals surface area (Å²) in [6.45, 7) is 0. The number of rotatable bonds is 4. The van der Waals surface area contributed by atoms with E-state index in [1.165, 1.54) is 0 Å². The number of hydrogen-bond acceptors (Lipinski definition) is 3. The third-order valence-electron chi connectivity index (χ3n) is 5.99. The lowest BCUT2D eigenvalue weighted by atomic mass is 9.83. The Labute approximate surface area is 199 Å². The van der Waals surface area contributed by atoms with E-state index in [1.54, 1.807) is 75.7 Å². The Bertz CT molecular complexity index is 1550. The van der Waals surface area contributed by atoms with Gasteiger partial charge in [0.2, 0.25) is 0 Å². The maximum absolute atomic E-state index is 13.1. The van der Waals surface area contributed by atoms with Crippen molar-refractivity contribution in [3.05, 3.63) is 117 Å². The van der Waals surface area contributed by atoms with Crippen molar-refractivity contribution < 1.29 is 5.11 Å². The van der Waals surface area contributed by atoms with Crippen LogP contribution in [0.15, 0.2) is 84.0 Å². The lowest BCUT2D eigenvalue weighted by Crippen LogP contribution is -2.31. The van der Waals surface area contributed by atoms with Gasteiger partial charge >= 0.3 is 5.69 Å². The minimum atomic E-state index is -1.53. The normalized spacial score (nSPS) is 13.4. The third kappa shape index (κ3) is 3.38. The van der Waals surface area contributed by atoms with Gasteiger partial charge in [0.1, 0.15) is 0 Å². The predicted octanol–water partition coefficient (Wildman–Crippen LogP) is 4.65. The lowest BCUT2D eigenvalue weighted by molar-refractivity contribution is 0.117. The van der Waals surface area contributed by atoms with Crippen molar-refractivity contribution in [2.24, 2.45) is 14.1 Å². The van der Waals surface area contributed by atoms with Crippen molar-refractivity contribution in [2.75, 3.05) is 0 Å². The van der Waals surface area contributed by atoms with Crippen molar-refractivity contribution in [1.82, 2.24) is 18.7 Å². The van der Waals surface area contributed by atoms with E-state index in [9.17, 15) is 9.90 Å². The maximum Gasteiger partial charge on any atom is 0.333 e. The van der Waals surface area contributed by atoms with Crippen LogP contribution in [-0.4, -0.2) is 23.8 Å². The Morgan fingerprint density at radius 3 is 2.27 bits per heavy atom. The van der Waals surface area contributed by atoms with Crippen molar-refractivity contribution in [1.29, 1.82) is 0 Å². The molecule has 0 bridgehead atoms. The van der Waals surface area contributed by atoms with E-state index in [-0.39, 0.29) is 5.69 Å². The van der Waals surface area contributed by atoms with Gasteiger partial charge in [-0.3, -0.25) is 9.13 Å². The van der Waals surface area contributed by atoms with Crippen molar-refractivity contribution >= 4 is 34.2 Å². The fourth-order valence-corrected chi connectivity index (χ4v) is 4.60. The second-order valence-corrected chi connectivity index (χ2v) is 8.84. The molecule has 0 aliphatic heterocycles. The molecule has 0 aliphatic carbocycles. The average Bonchev–Trinajstić information content (AvgIpc) is 3.34. The number of fused-ring (bicyclic) bond motifs is 1. The Kier molecular flexibility index (Phi) is 5.16. The van der Waals surface area contributed by atoms with Crippen LogP contribution in [0.3, 0.4) is 0 Å². The molecule has 0 radical (unpaired) electrons. The highest BCUT2D eigenvalue weighted by Gasteiger charge is 2.37. The Morgan fingerprint density at radius 2 is 1.61 bits per heavy atom. The molecule has 2 heterocycles. The minimum Gasteiger partial charge on any atom is -0.374 e. The first kappa shape index (κ1) is 21.5. The second-order valence-electron chi connectivity index (χ2n) is 7.97. The molecule has 0 saturated heterocycles. The molecule has 1 N–H and O–H groups in total. The monoisotopic (exact) mass is 478 g/mol. The average molecular weight is 479 g/mol. The van der Waals surface area contributed by atoms with Crippen molar-refractivity contribution in [3.8, 4) is 5.69 Å². The number of imidazole rings is 2. The summed E-state index contributed by atoms with van der Waals surface area (Å²) in [5.74, 6) is 0. The number of aliphatic hydroxyl groups is 1. The number of aromatic nitrogens is 4. The molecule has 1 atom stereocenters. The van der Waals surface area contributed by atoms with E-state index in [0.717, 1.165) is 5.52 Å². The molecule has 166 valence electrons. The van der Waals surface area contributed by atoms with Crippen LogP contribution in [0.1, 0.15) is 16.8 Å². The molecule has 3 aromatic carbocycles. The summed E-state index contributed by atoms with van der Waals surface area (Å²) in [5.41, 5.74) is 2.08. The van der Waals surface area contributed by atoms with E-state index in [2.05, 4.69) is 4.98 Å². The van der Waals surface area contributed by atoms with E-state index in [0.29, 0.717) is 38.1 Å². The number of benzene rings is 3. The Hall–Kier alpha value is -3.32. The summed E-state index contributed by atoms with van der Waals surface area (Å²) >= 11 is 12.3. The highest BCUT2D eigenvalue weighted by molar-refractivity contribution is 6.31. The van der Waals surface area contributed by atoms with Crippen LogP contribution in [0, 0.1) is 0 Å². The van der Waals surface area contributed by atoms with Gasteiger partial charge in [0.25, 0.3) is 0 Å². The molecular weight excluding hydrogens is 459 g/mol. The van der Waals surface area contributed by atoms with Crippen LogP contribution in [0.5, 0.6) is 0 Å². The standard InChI is InChI=1S/C25H20Cl2N4O2/c1-29-15-28-14-23(29)25(33,16-6-9-18(26)10-7-16)17-8-11-21-22(12-17)31(24(32)30(21)2)20-5-3-4-19(27)13-20/h3-15,33H,1-2H3. The molecule has 33 heavy (non-hydrogen) atoms. The van der Waals surface area contributed by atoms with Crippen LogP contribution in [0.25, 0.3) is 16.7 Å². The number of halogens is 2. The first-order valence-corrected chi connectivity index (χ1v) is 11.0. The molecular formula is C25H20Cl2N4O2. The number of nitrogens with zero attached hydrogens (tertiary/aromatic N) is 4. The van der Waals surface area contributed by atoms with Gasteiger partial charge in [0.15, 0.2) is 5.60 Å². The van der Waals surface area contributed by atoms with Crippen LogP contribution >= 0.6 is 23.2 Å². The zero-order chi connectivity index (χ0) is 23.3. The quantitative estimate of drug-likeness (QED) is 0.408. The van der Waals surface area contributed by atoms with Gasteiger partial charge in [0, 0.05) is 24.1 Å². The van der Waals surface area contributed by atoms with Crippen molar-refractivity contribution in [2.45, 2.75) is 5.60 Å². The smallest absolute Gasteiger partial charge is 0.333 e. The first-order valence-electron chi connectivity index (χ1n) is 10.2.